The summed E-state index contributed by atoms with van der Waals surface area (Å²) in [5.74, 6) is -1.83. The molecule has 3 aliphatic heterocycles. The normalized spacial score (nSPS) is 38.3. The average molecular weight is 741 g/mol. The van der Waals surface area contributed by atoms with E-state index in [2.05, 4.69) is 0 Å². The number of fused-ring (bicyclic) bond motifs is 1. The molecule has 15 atom stereocenters. The van der Waals surface area contributed by atoms with Crippen LogP contribution in [0.2, 0.25) is 0 Å². The van der Waals surface area contributed by atoms with Gasteiger partial charge in [0.1, 0.15) is 95.7 Å². The van der Waals surface area contributed by atoms with Gasteiger partial charge < -0.3 is 89.4 Å². The van der Waals surface area contributed by atoms with Crippen LogP contribution in [0.4, 0.5) is 0 Å². The predicted molar refractivity (Wildman–Crippen MR) is 170 cm³/mol. The summed E-state index contributed by atoms with van der Waals surface area (Å²) in [7, 11) is 0. The third kappa shape index (κ3) is 6.97. The van der Waals surface area contributed by atoms with Crippen molar-refractivity contribution in [2.45, 2.75) is 98.9 Å². The molecular weight excluding hydrogens is 700 g/mol. The van der Waals surface area contributed by atoms with Gasteiger partial charge in [0.05, 0.1) is 19.3 Å². The number of rotatable bonds is 8. The average Bonchev–Trinajstić information content (AvgIpc) is 3.12. The molecule has 4 heterocycles. The molecule has 3 saturated heterocycles. The fourth-order valence-electron chi connectivity index (χ4n) is 6.37. The van der Waals surface area contributed by atoms with Crippen LogP contribution in [0.5, 0.6) is 17.2 Å². The van der Waals surface area contributed by atoms with Gasteiger partial charge in [-0.3, -0.25) is 4.79 Å². The van der Waals surface area contributed by atoms with E-state index >= 15 is 0 Å². The molecule has 52 heavy (non-hydrogen) atoms. The first kappa shape index (κ1) is 38.2. The SMILES string of the molecule is C[C@@H]1O[C@@H](c2cc(O)c3c(=O)c(O[C@@H]4O[C@H](CO[C@@H]5O[C@H](CO)[C@@H](O)[C@H](O)[C@H]5O)[C@@H](O)[C@H](O)[C@H]4O)c(-c4ccc(O)cc4)oc3c2)[C@H](O)[C@H](O)[C@H]1O. The Balaban J connectivity index is 1.34. The van der Waals surface area contributed by atoms with Gasteiger partial charge >= 0.3 is 0 Å². The van der Waals surface area contributed by atoms with Crippen molar-refractivity contribution in [1.29, 1.82) is 0 Å². The Morgan fingerprint density at radius 2 is 1.29 bits per heavy atom. The van der Waals surface area contributed by atoms with Crippen LogP contribution in [0.15, 0.2) is 45.6 Å². The van der Waals surface area contributed by atoms with Gasteiger partial charge in [0.25, 0.3) is 0 Å². The van der Waals surface area contributed by atoms with E-state index in [0.717, 1.165) is 6.07 Å². The van der Waals surface area contributed by atoms with E-state index < -0.39 is 127 Å². The maximum absolute atomic E-state index is 14.1. The molecule has 0 saturated carbocycles. The van der Waals surface area contributed by atoms with Crippen LogP contribution >= 0.6 is 0 Å². The highest BCUT2D eigenvalue weighted by Gasteiger charge is 2.48. The van der Waals surface area contributed by atoms with Crippen LogP contribution in [-0.2, 0) is 18.9 Å². The van der Waals surface area contributed by atoms with Gasteiger partial charge in [-0.25, -0.2) is 0 Å². The topological polar surface area (TPSA) is 319 Å². The van der Waals surface area contributed by atoms with E-state index in [4.69, 9.17) is 28.1 Å². The fraction of sp³-hybridized carbons (Fsp3) is 0.545. The summed E-state index contributed by atoms with van der Waals surface area (Å²) in [6.07, 6.45) is -24.4. The Hall–Kier alpha value is -3.51. The van der Waals surface area contributed by atoms with Crippen molar-refractivity contribution in [2.75, 3.05) is 13.2 Å². The first-order valence-electron chi connectivity index (χ1n) is 16.2. The largest absolute Gasteiger partial charge is 0.508 e. The zero-order valence-electron chi connectivity index (χ0n) is 27.3. The molecule has 19 heteroatoms. The Kier molecular flexibility index (Phi) is 11.1. The number of aromatic hydroxyl groups is 2. The van der Waals surface area contributed by atoms with Crippen molar-refractivity contribution in [3.8, 4) is 28.6 Å². The van der Waals surface area contributed by atoms with Crippen LogP contribution in [0, 0.1) is 0 Å². The van der Waals surface area contributed by atoms with Crippen molar-refractivity contribution in [2.24, 2.45) is 0 Å². The highest BCUT2D eigenvalue weighted by Crippen LogP contribution is 2.40. The van der Waals surface area contributed by atoms with Crippen LogP contribution in [0.3, 0.4) is 0 Å². The third-order valence-electron chi connectivity index (χ3n) is 9.44. The number of aliphatic hydroxyl groups is 10. The van der Waals surface area contributed by atoms with E-state index in [-0.39, 0.29) is 28.2 Å². The van der Waals surface area contributed by atoms with Crippen molar-refractivity contribution >= 4 is 11.0 Å². The Morgan fingerprint density at radius 1 is 0.692 bits per heavy atom. The number of benzene rings is 2. The van der Waals surface area contributed by atoms with Crippen molar-refractivity contribution in [3.63, 3.8) is 0 Å². The lowest BCUT2D eigenvalue weighted by Crippen LogP contribution is -2.62. The summed E-state index contributed by atoms with van der Waals surface area (Å²) in [5, 5.41) is 124. The number of phenols is 2. The molecular formula is C33H40O19. The zero-order chi connectivity index (χ0) is 37.8. The summed E-state index contributed by atoms with van der Waals surface area (Å²) in [6.45, 7) is 0.0310. The molecule has 12 N–H and O–H groups in total. The van der Waals surface area contributed by atoms with Gasteiger partial charge in [-0.1, -0.05) is 0 Å². The van der Waals surface area contributed by atoms with Gasteiger partial charge in [0.15, 0.2) is 12.1 Å². The molecule has 6 rings (SSSR count). The molecule has 0 spiro atoms. The molecule has 2 aromatic carbocycles. The highest BCUT2D eigenvalue weighted by molar-refractivity contribution is 5.87. The molecule has 0 aliphatic carbocycles. The molecule has 3 aliphatic rings. The first-order chi connectivity index (χ1) is 24.6. The summed E-state index contributed by atoms with van der Waals surface area (Å²) < 4.78 is 34.0. The third-order valence-corrected chi connectivity index (χ3v) is 9.44. The molecule has 0 radical (unpaired) electrons. The fourth-order valence-corrected chi connectivity index (χ4v) is 6.37. The van der Waals surface area contributed by atoms with E-state index in [1.165, 1.54) is 37.3 Å². The molecule has 286 valence electrons. The van der Waals surface area contributed by atoms with E-state index in [9.17, 15) is 66.1 Å². The second-order valence-electron chi connectivity index (χ2n) is 12.9. The molecule has 3 aromatic rings. The summed E-state index contributed by atoms with van der Waals surface area (Å²) in [6, 6.07) is 7.54. The van der Waals surface area contributed by atoms with E-state index in [1.807, 2.05) is 0 Å². The molecule has 0 unspecified atom stereocenters. The standard InChI is InChI=1S/C33H40O19/c1-10-19(37)23(41)26(44)29(48-10)12-6-14(36)18-15(7-12)49-30(11-2-4-13(35)5-3-11)31(22(18)40)52-33-28(46)25(43)21(39)17(51-33)9-47-32-27(45)24(42)20(38)16(8-34)50-32/h2-7,10,16-17,19-21,23-29,32-39,41-46H,8-9H2,1H3/t10-,16+,17+,19-,20+,21+,23+,24-,25-,26+,27+,28+,29-,32+,33-/m0/s1. The quantitative estimate of drug-likeness (QED) is 0.106. The number of aliphatic hydroxyl groups excluding tert-OH is 10. The number of ether oxygens (including phenoxy) is 5. The van der Waals surface area contributed by atoms with Crippen LogP contribution in [0.1, 0.15) is 18.6 Å². The molecule has 1 aromatic heterocycles. The van der Waals surface area contributed by atoms with Gasteiger partial charge in [0.2, 0.25) is 17.5 Å². The van der Waals surface area contributed by atoms with Gasteiger partial charge in [-0.2, -0.15) is 0 Å². The number of hydrogen-bond acceptors (Lipinski definition) is 19. The number of hydrogen-bond donors (Lipinski definition) is 12. The maximum Gasteiger partial charge on any atom is 0.239 e. The van der Waals surface area contributed by atoms with Gasteiger partial charge in [0, 0.05) is 5.56 Å². The lowest BCUT2D eigenvalue weighted by atomic mass is 9.91. The van der Waals surface area contributed by atoms with E-state index in [1.54, 1.807) is 0 Å². The smallest absolute Gasteiger partial charge is 0.239 e. The summed E-state index contributed by atoms with van der Waals surface area (Å²) in [5.41, 5.74) is -1.08. The van der Waals surface area contributed by atoms with Crippen LogP contribution in [0.25, 0.3) is 22.3 Å². The predicted octanol–water partition coefficient (Wildman–Crippen LogP) is -3.58. The van der Waals surface area contributed by atoms with Crippen molar-refractivity contribution < 1.29 is 89.4 Å². The highest BCUT2D eigenvalue weighted by atomic mass is 16.7. The summed E-state index contributed by atoms with van der Waals surface area (Å²) in [4.78, 5) is 14.1. The maximum atomic E-state index is 14.1. The zero-order valence-corrected chi connectivity index (χ0v) is 27.3. The molecule has 0 bridgehead atoms. The van der Waals surface area contributed by atoms with Crippen LogP contribution in [-0.4, -0.2) is 160 Å². The Morgan fingerprint density at radius 3 is 1.94 bits per heavy atom. The minimum Gasteiger partial charge on any atom is -0.508 e. The minimum atomic E-state index is -2.01. The Labute approximate surface area is 293 Å². The second kappa shape index (κ2) is 15.1. The van der Waals surface area contributed by atoms with Crippen LogP contribution < -0.4 is 10.2 Å². The van der Waals surface area contributed by atoms with E-state index in [0.29, 0.717) is 0 Å². The lowest BCUT2D eigenvalue weighted by molar-refractivity contribution is -0.323. The molecule has 19 nitrogen and oxygen atoms in total. The molecule has 0 amide bonds. The molecule has 3 fully saturated rings. The summed E-state index contributed by atoms with van der Waals surface area (Å²) >= 11 is 0. The monoisotopic (exact) mass is 740 g/mol. The van der Waals surface area contributed by atoms with Crippen molar-refractivity contribution in [1.82, 2.24) is 0 Å². The van der Waals surface area contributed by atoms with Gasteiger partial charge in [-0.05, 0) is 48.9 Å². The number of phenolic OH excluding ortho intramolecular Hbond substituents is 2. The minimum absolute atomic E-state index is 0.0640. The Bertz CT molecular complexity index is 1760. The second-order valence-corrected chi connectivity index (χ2v) is 12.9. The lowest BCUT2D eigenvalue weighted by Gasteiger charge is -2.42. The first-order valence-corrected chi connectivity index (χ1v) is 16.2. The van der Waals surface area contributed by atoms with Gasteiger partial charge in [-0.15, -0.1) is 0 Å². The van der Waals surface area contributed by atoms with Crippen molar-refractivity contribution in [3.05, 3.63) is 52.2 Å².